The van der Waals surface area contributed by atoms with E-state index in [-0.39, 0.29) is 5.56 Å². The fourth-order valence-electron chi connectivity index (χ4n) is 2.03. The van der Waals surface area contributed by atoms with Gasteiger partial charge in [-0.05, 0) is 37.5 Å². The molecule has 1 aromatic carbocycles. The Morgan fingerprint density at radius 3 is 2.78 bits per heavy atom. The van der Waals surface area contributed by atoms with Gasteiger partial charge in [-0.15, -0.1) is 0 Å². The van der Waals surface area contributed by atoms with E-state index in [1.807, 2.05) is 6.08 Å². The maximum absolute atomic E-state index is 14.0. The molecule has 0 aromatic heterocycles. The Balaban J connectivity index is 2.44. The van der Waals surface area contributed by atoms with Gasteiger partial charge in [-0.3, -0.25) is 5.84 Å². The van der Waals surface area contributed by atoms with Gasteiger partial charge in [0.1, 0.15) is 23.4 Å². The van der Waals surface area contributed by atoms with E-state index in [0.717, 1.165) is 12.8 Å². The molecule has 1 atom stereocenters. The predicted molar refractivity (Wildman–Crippen MR) is 64.4 cm³/mol. The molecule has 0 spiro atoms. The van der Waals surface area contributed by atoms with Crippen molar-refractivity contribution in [2.75, 3.05) is 6.61 Å². The van der Waals surface area contributed by atoms with Crippen LogP contribution in [0.3, 0.4) is 0 Å². The zero-order valence-electron chi connectivity index (χ0n) is 10.2. The fraction of sp³-hybridized carbons (Fsp3) is 0.385. The number of benzene rings is 1. The first-order valence-electron chi connectivity index (χ1n) is 5.88. The molecule has 0 saturated carbocycles. The molecule has 1 heterocycles. The Bertz CT molecular complexity index is 474. The lowest BCUT2D eigenvalue weighted by Gasteiger charge is -2.24. The summed E-state index contributed by atoms with van der Waals surface area (Å²) < 4.78 is 33.3. The van der Waals surface area contributed by atoms with E-state index in [1.165, 1.54) is 12.1 Å². The number of hydrogen-bond donors (Lipinski definition) is 2. The van der Waals surface area contributed by atoms with E-state index in [2.05, 4.69) is 5.43 Å². The first kappa shape index (κ1) is 13.0. The number of hydrogen-bond acceptors (Lipinski definition) is 3. The molecule has 5 heteroatoms. The molecule has 18 heavy (non-hydrogen) atoms. The Labute approximate surface area is 105 Å². The summed E-state index contributed by atoms with van der Waals surface area (Å²) in [6.07, 6.45) is 3.54. The highest BCUT2D eigenvalue weighted by Gasteiger charge is 2.26. The fourth-order valence-corrected chi connectivity index (χ4v) is 2.03. The van der Waals surface area contributed by atoms with Crippen LogP contribution in [-0.4, -0.2) is 6.61 Å². The minimum Gasteiger partial charge on any atom is -0.496 e. The molecule has 1 aliphatic rings. The molecule has 0 saturated heterocycles. The number of hydrazine groups is 1. The lowest BCUT2D eigenvalue weighted by Crippen LogP contribution is -2.32. The summed E-state index contributed by atoms with van der Waals surface area (Å²) in [4.78, 5) is 0. The Morgan fingerprint density at radius 1 is 1.39 bits per heavy atom. The molecule has 3 nitrogen and oxygen atoms in total. The number of halogens is 2. The third-order valence-corrected chi connectivity index (χ3v) is 3.02. The van der Waals surface area contributed by atoms with Gasteiger partial charge in [-0.1, -0.05) is 6.07 Å². The smallest absolute Gasteiger partial charge is 0.134 e. The van der Waals surface area contributed by atoms with E-state index >= 15 is 0 Å². The maximum atomic E-state index is 14.0. The van der Waals surface area contributed by atoms with Gasteiger partial charge in [0.05, 0.1) is 6.61 Å². The van der Waals surface area contributed by atoms with Crippen molar-refractivity contribution in [2.24, 2.45) is 5.84 Å². The van der Waals surface area contributed by atoms with Crippen LogP contribution < -0.4 is 11.3 Å². The molecule has 1 aromatic rings. The van der Waals surface area contributed by atoms with Gasteiger partial charge in [0.2, 0.25) is 0 Å². The van der Waals surface area contributed by atoms with E-state index in [1.54, 1.807) is 6.92 Å². The molecule has 0 fully saturated rings. The third-order valence-electron chi connectivity index (χ3n) is 3.02. The highest BCUT2D eigenvalue weighted by molar-refractivity contribution is 5.33. The number of ether oxygens (including phenoxy) is 1. The first-order chi connectivity index (χ1) is 8.65. The van der Waals surface area contributed by atoms with Crippen molar-refractivity contribution in [3.8, 4) is 0 Å². The summed E-state index contributed by atoms with van der Waals surface area (Å²) in [6, 6.07) is 1.85. The molecule has 0 radical (unpaired) electrons. The van der Waals surface area contributed by atoms with Crippen molar-refractivity contribution in [1.29, 1.82) is 0 Å². The van der Waals surface area contributed by atoms with Gasteiger partial charge >= 0.3 is 0 Å². The summed E-state index contributed by atoms with van der Waals surface area (Å²) in [5.41, 5.74) is 2.71. The van der Waals surface area contributed by atoms with Crippen LogP contribution in [0.2, 0.25) is 0 Å². The normalized spacial score (nSPS) is 17.0. The topological polar surface area (TPSA) is 47.3 Å². The molecule has 1 unspecified atom stereocenters. The van der Waals surface area contributed by atoms with Gasteiger partial charge in [0.15, 0.2) is 0 Å². The molecular formula is C13H16F2N2O. The SMILES string of the molecule is Cc1ccc(F)c(C(NN)C2=CCCCO2)c1F. The van der Waals surface area contributed by atoms with Crippen LogP contribution in [0.1, 0.15) is 30.0 Å². The van der Waals surface area contributed by atoms with Crippen LogP contribution >= 0.6 is 0 Å². The van der Waals surface area contributed by atoms with Gasteiger partial charge in [0, 0.05) is 5.56 Å². The average molecular weight is 254 g/mol. The zero-order valence-corrected chi connectivity index (χ0v) is 10.2. The van der Waals surface area contributed by atoms with E-state index in [0.29, 0.717) is 17.9 Å². The van der Waals surface area contributed by atoms with Crippen LogP contribution in [0.5, 0.6) is 0 Å². The van der Waals surface area contributed by atoms with Crippen LogP contribution in [0.4, 0.5) is 8.78 Å². The molecule has 0 amide bonds. The van der Waals surface area contributed by atoms with Crippen LogP contribution in [-0.2, 0) is 4.74 Å². The maximum Gasteiger partial charge on any atom is 0.134 e. The molecule has 1 aliphatic heterocycles. The molecule has 2 rings (SSSR count). The van der Waals surface area contributed by atoms with Crippen molar-refractivity contribution >= 4 is 0 Å². The molecular weight excluding hydrogens is 238 g/mol. The highest BCUT2D eigenvalue weighted by Crippen LogP contribution is 2.30. The van der Waals surface area contributed by atoms with Gasteiger partial charge in [-0.2, -0.15) is 0 Å². The number of rotatable bonds is 3. The molecule has 98 valence electrons. The largest absolute Gasteiger partial charge is 0.496 e. The van der Waals surface area contributed by atoms with Crippen molar-refractivity contribution in [2.45, 2.75) is 25.8 Å². The average Bonchev–Trinajstić information content (AvgIpc) is 2.40. The number of aryl methyl sites for hydroxylation is 1. The van der Waals surface area contributed by atoms with Crippen LogP contribution in [0.25, 0.3) is 0 Å². The lowest BCUT2D eigenvalue weighted by molar-refractivity contribution is 0.166. The van der Waals surface area contributed by atoms with Crippen molar-refractivity contribution < 1.29 is 13.5 Å². The number of allylic oxidation sites excluding steroid dienone is 1. The summed E-state index contributed by atoms with van der Waals surface area (Å²) in [6.45, 7) is 2.13. The van der Waals surface area contributed by atoms with Crippen molar-refractivity contribution in [3.05, 3.63) is 46.7 Å². The van der Waals surface area contributed by atoms with Gasteiger partial charge in [-0.25, -0.2) is 14.2 Å². The summed E-state index contributed by atoms with van der Waals surface area (Å²) >= 11 is 0. The number of nitrogens with one attached hydrogen (secondary N) is 1. The van der Waals surface area contributed by atoms with Crippen molar-refractivity contribution in [1.82, 2.24) is 5.43 Å². The minimum absolute atomic E-state index is 0.0920. The first-order valence-corrected chi connectivity index (χ1v) is 5.88. The highest BCUT2D eigenvalue weighted by atomic mass is 19.1. The monoisotopic (exact) mass is 254 g/mol. The quantitative estimate of drug-likeness (QED) is 0.643. The van der Waals surface area contributed by atoms with E-state index < -0.39 is 17.7 Å². The van der Waals surface area contributed by atoms with Crippen LogP contribution in [0, 0.1) is 18.6 Å². The Kier molecular flexibility index (Phi) is 3.93. The van der Waals surface area contributed by atoms with Crippen LogP contribution in [0.15, 0.2) is 24.0 Å². The summed E-state index contributed by atoms with van der Waals surface area (Å²) in [5, 5.41) is 0. The third kappa shape index (κ3) is 2.37. The minimum atomic E-state index is -0.787. The van der Waals surface area contributed by atoms with Gasteiger partial charge in [0.25, 0.3) is 0 Å². The predicted octanol–water partition coefficient (Wildman–Crippen LogP) is 2.47. The molecule has 3 N–H and O–H groups in total. The Hall–Kier alpha value is -1.46. The molecule has 0 bridgehead atoms. The van der Waals surface area contributed by atoms with E-state index in [4.69, 9.17) is 10.6 Å². The lowest BCUT2D eigenvalue weighted by atomic mass is 10.00. The number of nitrogens with two attached hydrogens (primary N) is 1. The van der Waals surface area contributed by atoms with Crippen molar-refractivity contribution in [3.63, 3.8) is 0 Å². The second-order valence-electron chi connectivity index (χ2n) is 4.29. The van der Waals surface area contributed by atoms with E-state index in [9.17, 15) is 8.78 Å². The second kappa shape index (κ2) is 5.46. The van der Waals surface area contributed by atoms with Gasteiger partial charge < -0.3 is 4.74 Å². The second-order valence-corrected chi connectivity index (χ2v) is 4.29. The Morgan fingerprint density at radius 2 is 2.17 bits per heavy atom. The molecule has 0 aliphatic carbocycles. The summed E-state index contributed by atoms with van der Waals surface area (Å²) in [7, 11) is 0. The summed E-state index contributed by atoms with van der Waals surface area (Å²) in [5.74, 6) is 4.68. The zero-order chi connectivity index (χ0) is 13.1. The standard InChI is InChI=1S/C13H16F2N2O/c1-8-5-6-9(14)11(12(8)15)13(17-16)10-4-2-3-7-18-10/h4-6,13,17H,2-3,7,16H2,1H3.